The number of esters is 7. The third kappa shape index (κ3) is 11.0. The van der Waals surface area contributed by atoms with Gasteiger partial charge in [-0.05, 0) is 80.0 Å². The van der Waals surface area contributed by atoms with Crippen LogP contribution in [0.2, 0.25) is 0 Å². The zero-order valence-corrected chi connectivity index (χ0v) is 44.5. The summed E-state index contributed by atoms with van der Waals surface area (Å²) in [5.41, 5.74) is -0.679. The van der Waals surface area contributed by atoms with Crippen molar-refractivity contribution in [1.82, 2.24) is 0 Å². The van der Waals surface area contributed by atoms with Crippen LogP contribution in [0.5, 0.6) is 0 Å². The number of hydrogen-bond acceptors (Lipinski definition) is 21. The van der Waals surface area contributed by atoms with Gasteiger partial charge in [-0.2, -0.15) is 0 Å². The summed E-state index contributed by atoms with van der Waals surface area (Å²) in [7, 11) is 0. The molecular formula is C53H76O21. The van der Waals surface area contributed by atoms with Crippen LogP contribution in [0.3, 0.4) is 0 Å². The summed E-state index contributed by atoms with van der Waals surface area (Å²) in [6.45, 7) is 16.3. The number of carbonyl (C=O) groups excluding carboxylic acids is 8. The molecule has 3 unspecified atom stereocenters. The minimum absolute atomic E-state index is 0.0240. The number of Topliss-reactive ketones (excluding diaryl/α,β-unsaturated/α-hetero) is 1. The highest BCUT2D eigenvalue weighted by molar-refractivity contribution is 5.87. The normalized spacial score (nSPS) is 44.3. The van der Waals surface area contributed by atoms with Crippen molar-refractivity contribution in [3.8, 4) is 0 Å². The average Bonchev–Trinajstić information content (AvgIpc) is 3.76. The molecule has 8 rings (SSSR count). The second-order valence-corrected chi connectivity index (χ2v) is 22.7. The maximum Gasteiger partial charge on any atom is 0.303 e. The van der Waals surface area contributed by atoms with Crippen LogP contribution in [0, 0.1) is 52.3 Å². The molecule has 4 aliphatic carbocycles. The van der Waals surface area contributed by atoms with Gasteiger partial charge >= 0.3 is 41.8 Å². The summed E-state index contributed by atoms with van der Waals surface area (Å²) < 4.78 is 78.8. The quantitative estimate of drug-likeness (QED) is 0.139. The lowest BCUT2D eigenvalue weighted by molar-refractivity contribution is -0.365. The molecular weight excluding hydrogens is 973 g/mol. The topological polar surface area (TPSA) is 257 Å². The van der Waals surface area contributed by atoms with E-state index in [1.54, 1.807) is 0 Å². The summed E-state index contributed by atoms with van der Waals surface area (Å²) in [6, 6.07) is 0. The van der Waals surface area contributed by atoms with E-state index in [1.165, 1.54) is 6.92 Å². The zero-order valence-electron chi connectivity index (χ0n) is 44.5. The van der Waals surface area contributed by atoms with Crippen molar-refractivity contribution in [2.45, 2.75) is 213 Å². The molecule has 0 bridgehead atoms. The van der Waals surface area contributed by atoms with Gasteiger partial charge in [0, 0.05) is 78.6 Å². The Kier molecular flexibility index (Phi) is 16.6. The molecule has 0 radical (unpaired) electrons. The standard InChI is InChI=1S/C53H76O21/c1-24-14-17-53(64-21-24)25(2)42-38(74-53)19-37-35-13-12-33-18-34(15-16-51(33,10)36(35)20-41(61)52(37,42)11)70-49-47(68-31(8)59)46(67-30(7)58)44(40(71-49)23-63-27(4)55)73-50-48(69-32(9)60)45(66-29(6)57)43(65-28(5)56)39(72-50)22-62-26(3)54/h24-25,33-40,42-50H,12-23H2,1-11H3/t24-,25+,33?,34+,35-,36+,37+,38?,39-,40-,42?,43-,44-,45+,46+,47-,48-,49-,50+,51+,52-,53-/m1/s1. The van der Waals surface area contributed by atoms with Gasteiger partial charge in [-0.1, -0.05) is 27.7 Å². The lowest BCUT2D eigenvalue weighted by Crippen LogP contribution is -2.67. The highest BCUT2D eigenvalue weighted by atomic mass is 16.8. The fourth-order valence-electron chi connectivity index (χ4n) is 14.8. The minimum atomic E-state index is -1.81. The first-order chi connectivity index (χ1) is 34.8. The van der Waals surface area contributed by atoms with Gasteiger partial charge in [0.25, 0.3) is 0 Å². The van der Waals surface area contributed by atoms with Crippen molar-refractivity contribution >= 4 is 47.6 Å². The fraction of sp³-hybridized carbons (Fsp3) is 0.849. The summed E-state index contributed by atoms with van der Waals surface area (Å²) in [5, 5.41) is 0. The molecule has 0 aromatic heterocycles. The Balaban J connectivity index is 1.04. The van der Waals surface area contributed by atoms with E-state index in [-0.39, 0.29) is 41.1 Å². The fourth-order valence-corrected chi connectivity index (χ4v) is 14.8. The molecule has 21 heteroatoms. The van der Waals surface area contributed by atoms with Crippen molar-refractivity contribution in [3.05, 3.63) is 0 Å². The Hall–Kier alpha value is -4.28. The van der Waals surface area contributed by atoms with E-state index >= 15 is 0 Å². The average molecular weight is 1050 g/mol. The Bertz CT molecular complexity index is 2160. The Morgan fingerprint density at radius 1 is 0.581 bits per heavy atom. The van der Waals surface area contributed by atoms with Crippen LogP contribution >= 0.6 is 0 Å². The molecule has 414 valence electrons. The molecule has 8 aliphatic rings. The predicted octanol–water partition coefficient (Wildman–Crippen LogP) is 4.62. The summed E-state index contributed by atoms with van der Waals surface area (Å²) in [5.74, 6) is -4.49. The molecule has 4 saturated heterocycles. The lowest BCUT2D eigenvalue weighted by Gasteiger charge is -2.60. The first kappa shape index (κ1) is 55.9. The molecule has 22 atom stereocenters. The van der Waals surface area contributed by atoms with E-state index in [4.69, 9.17) is 61.6 Å². The predicted molar refractivity (Wildman–Crippen MR) is 250 cm³/mol. The number of ether oxygens (including phenoxy) is 13. The number of ketones is 1. The monoisotopic (exact) mass is 1050 g/mol. The molecule has 4 saturated carbocycles. The molecule has 4 heterocycles. The van der Waals surface area contributed by atoms with Gasteiger partial charge in [-0.25, -0.2) is 0 Å². The maximum atomic E-state index is 14.8. The maximum absolute atomic E-state index is 14.8. The minimum Gasteiger partial charge on any atom is -0.463 e. The molecule has 21 nitrogen and oxygen atoms in total. The van der Waals surface area contributed by atoms with E-state index < -0.39 is 134 Å². The van der Waals surface area contributed by atoms with E-state index in [9.17, 15) is 38.4 Å². The summed E-state index contributed by atoms with van der Waals surface area (Å²) in [4.78, 5) is 103. The second kappa shape index (κ2) is 22.0. The van der Waals surface area contributed by atoms with Crippen molar-refractivity contribution in [2.24, 2.45) is 52.3 Å². The smallest absolute Gasteiger partial charge is 0.303 e. The Labute approximate surface area is 431 Å². The second-order valence-electron chi connectivity index (χ2n) is 22.7. The number of fused-ring (bicyclic) bond motifs is 7. The highest BCUT2D eigenvalue weighted by Gasteiger charge is 2.72. The van der Waals surface area contributed by atoms with E-state index in [1.807, 2.05) is 0 Å². The number of rotatable bonds is 13. The van der Waals surface area contributed by atoms with Gasteiger partial charge in [-0.3, -0.25) is 38.4 Å². The van der Waals surface area contributed by atoms with Gasteiger partial charge < -0.3 is 61.6 Å². The lowest BCUT2D eigenvalue weighted by atomic mass is 9.44. The van der Waals surface area contributed by atoms with Crippen LogP contribution in [-0.4, -0.2) is 147 Å². The summed E-state index contributed by atoms with van der Waals surface area (Å²) in [6.07, 6.45) is -9.10. The van der Waals surface area contributed by atoms with Gasteiger partial charge in [0.2, 0.25) is 0 Å². The molecule has 0 N–H and O–H groups in total. The highest BCUT2D eigenvalue weighted by Crippen LogP contribution is 2.70. The van der Waals surface area contributed by atoms with Crippen LogP contribution < -0.4 is 0 Å². The van der Waals surface area contributed by atoms with Crippen molar-refractivity contribution in [2.75, 3.05) is 19.8 Å². The molecule has 74 heavy (non-hydrogen) atoms. The van der Waals surface area contributed by atoms with Crippen LogP contribution in [0.1, 0.15) is 134 Å². The van der Waals surface area contributed by atoms with E-state index in [0.717, 1.165) is 80.1 Å². The number of carbonyl (C=O) groups is 8. The first-order valence-corrected chi connectivity index (χ1v) is 26.4. The van der Waals surface area contributed by atoms with Crippen molar-refractivity contribution < 1.29 is 99.9 Å². The third-order valence-electron chi connectivity index (χ3n) is 18.0. The molecule has 0 aromatic carbocycles. The van der Waals surface area contributed by atoms with Gasteiger partial charge in [0.05, 0.1) is 18.8 Å². The molecule has 1 spiro atoms. The largest absolute Gasteiger partial charge is 0.463 e. The first-order valence-electron chi connectivity index (χ1n) is 26.4. The molecule has 4 aliphatic heterocycles. The van der Waals surface area contributed by atoms with E-state index in [0.29, 0.717) is 43.5 Å². The van der Waals surface area contributed by atoms with Gasteiger partial charge in [0.15, 0.2) is 48.9 Å². The summed E-state index contributed by atoms with van der Waals surface area (Å²) >= 11 is 0. The van der Waals surface area contributed by atoms with Crippen LogP contribution in [0.25, 0.3) is 0 Å². The van der Waals surface area contributed by atoms with Crippen LogP contribution in [-0.2, 0) is 99.9 Å². The van der Waals surface area contributed by atoms with Gasteiger partial charge in [-0.15, -0.1) is 0 Å². The van der Waals surface area contributed by atoms with Crippen molar-refractivity contribution in [1.29, 1.82) is 0 Å². The molecule has 8 fully saturated rings. The zero-order chi connectivity index (χ0) is 53.8. The molecule has 0 aromatic rings. The Morgan fingerprint density at radius 3 is 1.65 bits per heavy atom. The Morgan fingerprint density at radius 2 is 1.11 bits per heavy atom. The van der Waals surface area contributed by atoms with Gasteiger partial charge in [0.1, 0.15) is 37.3 Å². The van der Waals surface area contributed by atoms with Crippen LogP contribution in [0.4, 0.5) is 0 Å². The van der Waals surface area contributed by atoms with E-state index in [2.05, 4.69) is 27.7 Å². The number of hydrogen-bond donors (Lipinski definition) is 0. The third-order valence-corrected chi connectivity index (χ3v) is 18.0. The van der Waals surface area contributed by atoms with Crippen LogP contribution in [0.15, 0.2) is 0 Å². The SMILES string of the molecule is CC(=O)OC[C@H]1O[C@@H](O[C@H]2[C@H](OC(C)=O)[C@@H](OC(C)=O)[C@H](O[C@H]3CC[C@@]4(C)C(CC[C@@H]5[C@@H]4CC(=O)[C@]4(C)C6C(C[C@@H]54)O[C@]4(CC[C@@H](C)CO4)[C@H]6C)C3)O[C@@H]2COC(C)=O)[C@H](OC(C)=O)[C@@H](OC(C)=O)[C@@H]1OC(C)=O. The molecule has 0 amide bonds. The van der Waals surface area contributed by atoms with Crippen molar-refractivity contribution in [3.63, 3.8) is 0 Å².